The van der Waals surface area contributed by atoms with Crippen LogP contribution in [0.15, 0.2) is 42.5 Å². The summed E-state index contributed by atoms with van der Waals surface area (Å²) in [6.07, 6.45) is 0.519. The molecule has 0 aliphatic rings. The lowest BCUT2D eigenvalue weighted by atomic mass is 10.2. The summed E-state index contributed by atoms with van der Waals surface area (Å²) in [7, 11) is -3.63. The van der Waals surface area contributed by atoms with Crippen molar-refractivity contribution in [2.45, 2.75) is 12.6 Å². The first kappa shape index (κ1) is 22.4. The van der Waals surface area contributed by atoms with Gasteiger partial charge in [-0.2, -0.15) is 0 Å². The number of benzene rings is 2. The van der Waals surface area contributed by atoms with E-state index in [9.17, 15) is 18.3 Å². The van der Waals surface area contributed by atoms with E-state index in [4.69, 9.17) is 28.3 Å². The Balaban J connectivity index is 2.33. The number of hydrogen-bond acceptors (Lipinski definition) is 5. The van der Waals surface area contributed by atoms with Crippen molar-refractivity contribution in [3.8, 4) is 0 Å². The third kappa shape index (κ3) is 5.59. The molecule has 0 saturated carbocycles. The first-order valence-corrected chi connectivity index (χ1v) is 10.8. The molecule has 28 heavy (non-hydrogen) atoms. The molecule has 1 unspecified atom stereocenters. The molecule has 1 atom stereocenters. The van der Waals surface area contributed by atoms with Crippen LogP contribution in [0, 0.1) is 0 Å². The van der Waals surface area contributed by atoms with E-state index >= 15 is 0 Å². The highest BCUT2D eigenvalue weighted by atomic mass is 35.5. The van der Waals surface area contributed by atoms with E-state index in [2.05, 4.69) is 0 Å². The van der Waals surface area contributed by atoms with Gasteiger partial charge in [-0.15, -0.1) is 0 Å². The highest BCUT2D eigenvalue weighted by Gasteiger charge is 2.20. The second-order valence-electron chi connectivity index (χ2n) is 6.09. The summed E-state index contributed by atoms with van der Waals surface area (Å²) in [5.41, 5.74) is 1.36. The Kier molecular flexibility index (Phi) is 7.68. The number of rotatable bonds is 9. The van der Waals surface area contributed by atoms with Crippen molar-refractivity contribution in [2.24, 2.45) is 0 Å². The van der Waals surface area contributed by atoms with Crippen molar-refractivity contribution in [1.29, 1.82) is 0 Å². The van der Waals surface area contributed by atoms with Crippen LogP contribution >= 0.6 is 23.2 Å². The SMILES string of the molecule is CS(=O)(=O)N(Cc1cccc(Cl)c1Cl)c1ccc(N(C=O)CC(O)CO)cc1. The Morgan fingerprint density at radius 3 is 2.25 bits per heavy atom. The number of amides is 1. The standard InChI is InChI=1S/C18H20Cl2N2O5S/c1-28(26,27)22(9-13-3-2-4-17(19)18(13)20)15-7-5-14(6-8-15)21(12-24)10-16(25)11-23/h2-8,12,16,23,25H,9-11H2,1H3. The molecule has 7 nitrogen and oxygen atoms in total. The number of halogens is 2. The highest BCUT2D eigenvalue weighted by Crippen LogP contribution is 2.30. The molecule has 2 aromatic carbocycles. The Hall–Kier alpha value is -1.84. The number of sulfonamides is 1. The van der Waals surface area contributed by atoms with E-state index in [1.165, 1.54) is 21.3 Å². The number of anilines is 2. The summed E-state index contributed by atoms with van der Waals surface area (Å²) < 4.78 is 25.8. The average Bonchev–Trinajstić information content (AvgIpc) is 2.66. The smallest absolute Gasteiger partial charge is 0.232 e. The van der Waals surface area contributed by atoms with Gasteiger partial charge >= 0.3 is 0 Å². The summed E-state index contributed by atoms with van der Waals surface area (Å²) in [6, 6.07) is 11.2. The first-order chi connectivity index (χ1) is 13.2. The van der Waals surface area contributed by atoms with E-state index in [0.29, 0.717) is 28.4 Å². The maximum absolute atomic E-state index is 12.3. The van der Waals surface area contributed by atoms with Gasteiger partial charge in [-0.3, -0.25) is 9.10 Å². The second kappa shape index (κ2) is 9.58. The molecule has 10 heteroatoms. The highest BCUT2D eigenvalue weighted by molar-refractivity contribution is 7.92. The fraction of sp³-hybridized carbons (Fsp3) is 0.278. The molecule has 0 saturated heterocycles. The molecule has 0 radical (unpaired) electrons. The summed E-state index contributed by atoms with van der Waals surface area (Å²) in [6.45, 7) is -0.587. The monoisotopic (exact) mass is 446 g/mol. The Bertz CT molecular complexity index is 922. The van der Waals surface area contributed by atoms with Crippen LogP contribution in [0.5, 0.6) is 0 Å². The zero-order valence-electron chi connectivity index (χ0n) is 15.0. The van der Waals surface area contributed by atoms with Gasteiger partial charge in [0.1, 0.15) is 0 Å². The third-order valence-electron chi connectivity index (χ3n) is 3.96. The number of hydrogen-bond donors (Lipinski definition) is 2. The van der Waals surface area contributed by atoms with E-state index in [-0.39, 0.29) is 18.1 Å². The van der Waals surface area contributed by atoms with Crippen LogP contribution in [-0.4, -0.2) is 50.6 Å². The predicted octanol–water partition coefficient (Wildman–Crippen LogP) is 2.28. The van der Waals surface area contributed by atoms with Crippen molar-refractivity contribution in [3.63, 3.8) is 0 Å². The summed E-state index contributed by atoms with van der Waals surface area (Å²) in [5, 5.41) is 19.1. The lowest BCUT2D eigenvalue weighted by Crippen LogP contribution is -2.33. The lowest BCUT2D eigenvalue weighted by Gasteiger charge is -2.25. The molecule has 0 fully saturated rings. The van der Waals surface area contributed by atoms with Crippen LogP contribution in [-0.2, 0) is 21.4 Å². The predicted molar refractivity (Wildman–Crippen MR) is 110 cm³/mol. The summed E-state index contributed by atoms with van der Waals surface area (Å²) in [5.74, 6) is 0. The lowest BCUT2D eigenvalue weighted by molar-refractivity contribution is -0.107. The topological polar surface area (TPSA) is 98.2 Å². The zero-order valence-corrected chi connectivity index (χ0v) is 17.3. The van der Waals surface area contributed by atoms with Crippen LogP contribution in [0.3, 0.4) is 0 Å². The largest absolute Gasteiger partial charge is 0.394 e. The van der Waals surface area contributed by atoms with Gasteiger partial charge in [0.05, 0.1) is 47.8 Å². The van der Waals surface area contributed by atoms with E-state index in [0.717, 1.165) is 6.26 Å². The van der Waals surface area contributed by atoms with Crippen molar-refractivity contribution < 1.29 is 23.4 Å². The van der Waals surface area contributed by atoms with Gasteiger partial charge in [0.15, 0.2) is 0 Å². The Labute approximate surface area is 173 Å². The molecule has 0 heterocycles. The minimum absolute atomic E-state index is 0.0157. The Morgan fingerprint density at radius 2 is 1.71 bits per heavy atom. The van der Waals surface area contributed by atoms with Gasteiger partial charge in [-0.05, 0) is 35.9 Å². The fourth-order valence-electron chi connectivity index (χ4n) is 2.53. The molecule has 2 N–H and O–H groups in total. The van der Waals surface area contributed by atoms with Gasteiger partial charge in [0, 0.05) is 5.69 Å². The average molecular weight is 447 g/mol. The van der Waals surface area contributed by atoms with Crippen molar-refractivity contribution >= 4 is 51.0 Å². The number of carbonyl (C=O) groups excluding carboxylic acids is 1. The summed E-state index contributed by atoms with van der Waals surface area (Å²) >= 11 is 12.2. The Morgan fingerprint density at radius 1 is 1.11 bits per heavy atom. The van der Waals surface area contributed by atoms with Crippen molar-refractivity contribution in [3.05, 3.63) is 58.1 Å². The summed E-state index contributed by atoms with van der Waals surface area (Å²) in [4.78, 5) is 12.5. The van der Waals surface area contributed by atoms with E-state index in [1.807, 2.05) is 0 Å². The zero-order chi connectivity index (χ0) is 20.9. The van der Waals surface area contributed by atoms with Gasteiger partial charge in [0.25, 0.3) is 0 Å². The maximum atomic E-state index is 12.3. The molecule has 2 aromatic rings. The van der Waals surface area contributed by atoms with E-state index < -0.39 is 22.7 Å². The third-order valence-corrected chi connectivity index (χ3v) is 5.96. The molecule has 0 bridgehead atoms. The normalized spacial score (nSPS) is 12.5. The molecule has 0 aliphatic heterocycles. The maximum Gasteiger partial charge on any atom is 0.232 e. The van der Waals surface area contributed by atoms with E-state index in [1.54, 1.807) is 30.3 Å². The van der Waals surface area contributed by atoms with Gasteiger partial charge in [-0.1, -0.05) is 35.3 Å². The van der Waals surface area contributed by atoms with Crippen LogP contribution in [0.4, 0.5) is 11.4 Å². The molecule has 152 valence electrons. The molecular formula is C18H20Cl2N2O5S. The number of aliphatic hydroxyl groups is 2. The molecule has 2 rings (SSSR count). The van der Waals surface area contributed by atoms with Gasteiger partial charge in [0.2, 0.25) is 16.4 Å². The van der Waals surface area contributed by atoms with Crippen LogP contribution in [0.1, 0.15) is 5.56 Å². The molecular weight excluding hydrogens is 427 g/mol. The van der Waals surface area contributed by atoms with Crippen LogP contribution in [0.25, 0.3) is 0 Å². The fourth-order valence-corrected chi connectivity index (χ4v) is 3.79. The van der Waals surface area contributed by atoms with Crippen molar-refractivity contribution in [1.82, 2.24) is 0 Å². The second-order valence-corrected chi connectivity index (χ2v) is 8.79. The molecule has 0 aromatic heterocycles. The molecule has 1 amide bonds. The molecule has 0 spiro atoms. The molecule has 0 aliphatic carbocycles. The quantitative estimate of drug-likeness (QED) is 0.575. The van der Waals surface area contributed by atoms with Gasteiger partial charge < -0.3 is 15.1 Å². The van der Waals surface area contributed by atoms with Crippen LogP contribution in [0.2, 0.25) is 10.0 Å². The first-order valence-electron chi connectivity index (χ1n) is 8.19. The number of nitrogens with zero attached hydrogens (tertiary/aromatic N) is 2. The minimum Gasteiger partial charge on any atom is -0.394 e. The number of carbonyl (C=O) groups is 1. The number of aliphatic hydroxyl groups excluding tert-OH is 2. The van der Waals surface area contributed by atoms with Crippen molar-refractivity contribution in [2.75, 3.05) is 28.6 Å². The van der Waals surface area contributed by atoms with Crippen LogP contribution < -0.4 is 9.21 Å². The van der Waals surface area contributed by atoms with Gasteiger partial charge in [-0.25, -0.2) is 8.42 Å². The minimum atomic E-state index is -3.63.